The van der Waals surface area contributed by atoms with Crippen LogP contribution in [0.25, 0.3) is 11.1 Å². The SMILES string of the molecule is CCCCN(CC)CCCNc1nc(C)nc2oc(C)c(C(=O)OCC)c12. The molecule has 2 aromatic rings. The molecule has 0 aliphatic heterocycles. The number of nitrogens with one attached hydrogen (secondary N) is 1. The predicted octanol–water partition coefficient (Wildman–Crippen LogP) is 3.94. The third-order valence-electron chi connectivity index (χ3n) is 4.54. The zero-order valence-electron chi connectivity index (χ0n) is 17.2. The Balaban J connectivity index is 2.14. The third-order valence-corrected chi connectivity index (χ3v) is 4.54. The highest BCUT2D eigenvalue weighted by Gasteiger charge is 2.24. The summed E-state index contributed by atoms with van der Waals surface area (Å²) < 4.78 is 10.9. The molecular weight excluding hydrogens is 344 g/mol. The number of unbranched alkanes of at least 4 members (excludes halogenated alkanes) is 1. The van der Waals surface area contributed by atoms with Crippen LogP contribution in [0.3, 0.4) is 0 Å². The van der Waals surface area contributed by atoms with Gasteiger partial charge in [-0.05, 0) is 53.2 Å². The molecule has 0 aliphatic rings. The van der Waals surface area contributed by atoms with Gasteiger partial charge in [-0.2, -0.15) is 4.98 Å². The number of aromatic nitrogens is 2. The van der Waals surface area contributed by atoms with Crippen molar-refractivity contribution in [1.82, 2.24) is 14.9 Å². The first-order valence-corrected chi connectivity index (χ1v) is 9.92. The molecule has 0 unspecified atom stereocenters. The summed E-state index contributed by atoms with van der Waals surface area (Å²) in [5, 5.41) is 3.98. The average molecular weight is 377 g/mol. The lowest BCUT2D eigenvalue weighted by atomic mass is 10.2. The molecule has 2 heterocycles. The van der Waals surface area contributed by atoms with Crippen LogP contribution in [-0.2, 0) is 4.74 Å². The maximum atomic E-state index is 12.4. The van der Waals surface area contributed by atoms with Crippen molar-refractivity contribution in [2.24, 2.45) is 0 Å². The van der Waals surface area contributed by atoms with Gasteiger partial charge in [-0.1, -0.05) is 20.3 Å². The zero-order valence-corrected chi connectivity index (χ0v) is 17.2. The van der Waals surface area contributed by atoms with Crippen LogP contribution in [0.1, 0.15) is 62.0 Å². The van der Waals surface area contributed by atoms with Crippen molar-refractivity contribution < 1.29 is 13.9 Å². The summed E-state index contributed by atoms with van der Waals surface area (Å²) in [6.07, 6.45) is 3.43. The maximum Gasteiger partial charge on any atom is 0.342 e. The molecule has 0 aromatic carbocycles. The Morgan fingerprint density at radius 1 is 1.15 bits per heavy atom. The van der Waals surface area contributed by atoms with Crippen molar-refractivity contribution >= 4 is 22.9 Å². The van der Waals surface area contributed by atoms with E-state index in [9.17, 15) is 4.79 Å². The molecule has 0 radical (unpaired) electrons. The number of nitrogens with zero attached hydrogens (tertiary/aromatic N) is 3. The van der Waals surface area contributed by atoms with Crippen LogP contribution in [0.5, 0.6) is 0 Å². The molecule has 0 fully saturated rings. The fraction of sp³-hybridized carbons (Fsp3) is 0.650. The van der Waals surface area contributed by atoms with Gasteiger partial charge in [0.25, 0.3) is 0 Å². The smallest absolute Gasteiger partial charge is 0.342 e. The van der Waals surface area contributed by atoms with Crippen molar-refractivity contribution in [1.29, 1.82) is 0 Å². The number of fused-ring (bicyclic) bond motifs is 1. The number of anilines is 1. The monoisotopic (exact) mass is 376 g/mol. The summed E-state index contributed by atoms with van der Waals surface area (Å²) in [4.78, 5) is 23.7. The Bertz CT molecular complexity index is 757. The van der Waals surface area contributed by atoms with E-state index in [0.29, 0.717) is 40.7 Å². The van der Waals surface area contributed by atoms with Gasteiger partial charge in [-0.15, -0.1) is 0 Å². The van der Waals surface area contributed by atoms with Crippen molar-refractivity contribution in [2.45, 2.75) is 53.9 Å². The molecule has 7 heteroatoms. The standard InChI is InChI=1S/C20H32N4O3/c1-6-9-12-24(7-2)13-10-11-21-18-17-16(20(25)26-8-3)14(4)27-19(17)23-15(5)22-18/h6-13H2,1-5H3,(H,21,22,23). The minimum atomic E-state index is -0.402. The highest BCUT2D eigenvalue weighted by atomic mass is 16.5. The number of hydrogen-bond acceptors (Lipinski definition) is 7. The highest BCUT2D eigenvalue weighted by molar-refractivity contribution is 6.07. The van der Waals surface area contributed by atoms with Crippen molar-refractivity contribution in [3.8, 4) is 0 Å². The summed E-state index contributed by atoms with van der Waals surface area (Å²) in [5.74, 6) is 1.34. The first-order chi connectivity index (χ1) is 13.0. The minimum Gasteiger partial charge on any atom is -0.462 e. The van der Waals surface area contributed by atoms with Gasteiger partial charge in [0.2, 0.25) is 5.71 Å². The lowest BCUT2D eigenvalue weighted by molar-refractivity contribution is 0.0526. The molecule has 7 nitrogen and oxygen atoms in total. The summed E-state index contributed by atoms with van der Waals surface area (Å²) >= 11 is 0. The van der Waals surface area contributed by atoms with Gasteiger partial charge in [0.05, 0.1) is 12.0 Å². The van der Waals surface area contributed by atoms with E-state index in [-0.39, 0.29) is 0 Å². The molecule has 0 saturated heterocycles. The molecule has 0 bridgehead atoms. The number of ether oxygens (including phenoxy) is 1. The van der Waals surface area contributed by atoms with E-state index < -0.39 is 5.97 Å². The summed E-state index contributed by atoms with van der Waals surface area (Å²) in [6, 6.07) is 0. The molecular formula is C20H32N4O3. The fourth-order valence-electron chi connectivity index (χ4n) is 3.11. The van der Waals surface area contributed by atoms with Crippen LogP contribution >= 0.6 is 0 Å². The Labute approximate surface area is 161 Å². The van der Waals surface area contributed by atoms with Crippen molar-refractivity contribution in [2.75, 3.05) is 38.1 Å². The Kier molecular flexibility index (Phi) is 8.03. The number of carbonyl (C=O) groups is 1. The Morgan fingerprint density at radius 2 is 1.89 bits per heavy atom. The van der Waals surface area contributed by atoms with Gasteiger partial charge in [0.15, 0.2) is 0 Å². The number of hydrogen-bond donors (Lipinski definition) is 1. The molecule has 0 atom stereocenters. The second-order valence-corrected chi connectivity index (χ2v) is 6.62. The van der Waals surface area contributed by atoms with E-state index >= 15 is 0 Å². The molecule has 0 amide bonds. The topological polar surface area (TPSA) is 80.5 Å². The van der Waals surface area contributed by atoms with E-state index in [1.54, 1.807) is 13.8 Å². The quantitative estimate of drug-likeness (QED) is 0.470. The predicted molar refractivity (Wildman–Crippen MR) is 107 cm³/mol. The van der Waals surface area contributed by atoms with Gasteiger partial charge in [0, 0.05) is 6.54 Å². The average Bonchev–Trinajstić information content (AvgIpc) is 2.96. The van der Waals surface area contributed by atoms with Crippen LogP contribution in [0.4, 0.5) is 5.82 Å². The van der Waals surface area contributed by atoms with Crippen LogP contribution in [0.2, 0.25) is 0 Å². The second kappa shape index (κ2) is 10.3. The number of carbonyl (C=O) groups excluding carboxylic acids is 1. The van der Waals surface area contributed by atoms with Gasteiger partial charge in [-0.25, -0.2) is 9.78 Å². The number of furan rings is 1. The normalized spacial score (nSPS) is 11.3. The van der Waals surface area contributed by atoms with E-state index in [0.717, 1.165) is 32.6 Å². The van der Waals surface area contributed by atoms with E-state index in [4.69, 9.17) is 9.15 Å². The van der Waals surface area contributed by atoms with E-state index in [2.05, 4.69) is 34.0 Å². The summed E-state index contributed by atoms with van der Waals surface area (Å²) in [7, 11) is 0. The lowest BCUT2D eigenvalue weighted by Crippen LogP contribution is -2.27. The van der Waals surface area contributed by atoms with Crippen LogP contribution in [-0.4, -0.2) is 53.6 Å². The van der Waals surface area contributed by atoms with Gasteiger partial charge in [-0.3, -0.25) is 0 Å². The molecule has 2 rings (SSSR count). The molecule has 2 aromatic heterocycles. The number of rotatable bonds is 11. The fourth-order valence-corrected chi connectivity index (χ4v) is 3.11. The Morgan fingerprint density at radius 3 is 2.56 bits per heavy atom. The summed E-state index contributed by atoms with van der Waals surface area (Å²) in [6.45, 7) is 14.1. The van der Waals surface area contributed by atoms with Crippen LogP contribution in [0.15, 0.2) is 4.42 Å². The molecule has 0 aliphatic carbocycles. The number of esters is 1. The third kappa shape index (κ3) is 5.42. The Hall–Kier alpha value is -2.15. The molecule has 0 saturated carbocycles. The zero-order chi connectivity index (χ0) is 19.8. The van der Waals surface area contributed by atoms with Gasteiger partial charge < -0.3 is 19.4 Å². The first-order valence-electron chi connectivity index (χ1n) is 9.92. The van der Waals surface area contributed by atoms with Crippen LogP contribution in [0, 0.1) is 13.8 Å². The molecule has 0 spiro atoms. The molecule has 1 N–H and O–H groups in total. The van der Waals surface area contributed by atoms with Crippen LogP contribution < -0.4 is 5.32 Å². The molecule has 27 heavy (non-hydrogen) atoms. The largest absolute Gasteiger partial charge is 0.462 e. The number of aryl methyl sites for hydroxylation is 2. The van der Waals surface area contributed by atoms with E-state index in [1.165, 1.54) is 12.8 Å². The van der Waals surface area contributed by atoms with Crippen molar-refractivity contribution in [3.05, 3.63) is 17.1 Å². The second-order valence-electron chi connectivity index (χ2n) is 6.62. The van der Waals surface area contributed by atoms with Gasteiger partial charge >= 0.3 is 5.97 Å². The minimum absolute atomic E-state index is 0.311. The van der Waals surface area contributed by atoms with E-state index in [1.807, 2.05) is 6.92 Å². The van der Waals surface area contributed by atoms with Gasteiger partial charge in [0.1, 0.15) is 23.0 Å². The summed E-state index contributed by atoms with van der Waals surface area (Å²) in [5.41, 5.74) is 0.830. The van der Waals surface area contributed by atoms with Crippen molar-refractivity contribution in [3.63, 3.8) is 0 Å². The lowest BCUT2D eigenvalue weighted by Gasteiger charge is -2.20. The maximum absolute atomic E-state index is 12.4. The molecule has 150 valence electrons. The first kappa shape index (κ1) is 21.2. The highest BCUT2D eigenvalue weighted by Crippen LogP contribution is 2.30.